The van der Waals surface area contributed by atoms with Crippen molar-refractivity contribution < 1.29 is 48.1 Å². The molecule has 7 atom stereocenters. The van der Waals surface area contributed by atoms with Crippen LogP contribution >= 0.6 is 0 Å². The number of aliphatic hydroxyl groups excluding tert-OH is 1. The Bertz CT molecular complexity index is 1800. The summed E-state index contributed by atoms with van der Waals surface area (Å²) in [6.45, 7) is 16.4. The molecule has 2 rings (SSSR count). The highest BCUT2D eigenvalue weighted by Gasteiger charge is 2.40. The minimum absolute atomic E-state index is 0.0584. The van der Waals surface area contributed by atoms with Gasteiger partial charge in [0.1, 0.15) is 48.5 Å². The Morgan fingerprint density at radius 2 is 1.08 bits per heavy atom. The van der Waals surface area contributed by atoms with E-state index in [1.165, 1.54) is 58.8 Å². The Balaban J connectivity index is 2.26. The zero-order chi connectivity index (χ0) is 46.5. The normalized spacial score (nSPS) is 14.9. The van der Waals surface area contributed by atoms with E-state index in [2.05, 4.69) is 10.6 Å². The lowest BCUT2D eigenvalue weighted by molar-refractivity contribution is -0.160. The monoisotopic (exact) mass is 852 g/mol. The summed E-state index contributed by atoms with van der Waals surface area (Å²) in [5.41, 5.74) is 0.686. The first kappa shape index (κ1) is 51.6. The maximum Gasteiger partial charge on any atom is 0.410 e. The van der Waals surface area contributed by atoms with Crippen molar-refractivity contribution >= 4 is 41.6 Å². The molecule has 0 unspecified atom stereocenters. The van der Waals surface area contributed by atoms with Gasteiger partial charge in [-0.25, -0.2) is 9.59 Å². The molecule has 0 aliphatic heterocycles. The van der Waals surface area contributed by atoms with Crippen LogP contribution in [-0.2, 0) is 51.3 Å². The topological polar surface area (TPSA) is 195 Å². The van der Waals surface area contributed by atoms with Crippen LogP contribution in [0.3, 0.4) is 0 Å². The summed E-state index contributed by atoms with van der Waals surface area (Å²) in [4.78, 5) is 100. The van der Waals surface area contributed by atoms with Gasteiger partial charge in [0, 0.05) is 34.6 Å². The van der Waals surface area contributed by atoms with Gasteiger partial charge in [-0.3, -0.25) is 28.9 Å². The first-order valence-corrected chi connectivity index (χ1v) is 20.6. The van der Waals surface area contributed by atoms with Crippen LogP contribution in [0.4, 0.5) is 4.79 Å². The number of hydrogen-bond donors (Lipinski definition) is 3. The highest BCUT2D eigenvalue weighted by Crippen LogP contribution is 2.18. The van der Waals surface area contributed by atoms with Gasteiger partial charge in [0.2, 0.25) is 29.5 Å². The lowest BCUT2D eigenvalue weighted by Crippen LogP contribution is -2.61. The summed E-state index contributed by atoms with van der Waals surface area (Å²) in [6, 6.07) is 11.1. The van der Waals surface area contributed by atoms with Crippen molar-refractivity contribution in [3.05, 3.63) is 71.8 Å². The molecule has 2 aromatic carbocycles. The van der Waals surface area contributed by atoms with Gasteiger partial charge in [0.25, 0.3) is 0 Å². The summed E-state index contributed by atoms with van der Waals surface area (Å²) in [7, 11) is 5.54. The molecular weight excluding hydrogens is 785 g/mol. The number of nitrogens with one attached hydrogen (secondary N) is 2. The number of benzene rings is 2. The van der Waals surface area contributed by atoms with E-state index < -0.39 is 95.5 Å². The van der Waals surface area contributed by atoms with Crippen LogP contribution in [0.2, 0.25) is 0 Å². The third-order valence-corrected chi connectivity index (χ3v) is 10.5. The van der Waals surface area contributed by atoms with E-state index in [4.69, 9.17) is 9.47 Å². The van der Waals surface area contributed by atoms with Gasteiger partial charge >= 0.3 is 12.1 Å². The number of rotatable bonds is 19. The lowest BCUT2D eigenvalue weighted by Gasteiger charge is -2.36. The predicted octanol–water partition coefficient (Wildman–Crippen LogP) is 3.39. The van der Waals surface area contributed by atoms with Crippen molar-refractivity contribution in [1.82, 2.24) is 30.2 Å². The molecule has 16 heteroatoms. The fourth-order valence-electron chi connectivity index (χ4n) is 6.37. The van der Waals surface area contributed by atoms with Crippen molar-refractivity contribution in [3.63, 3.8) is 0 Å². The van der Waals surface area contributed by atoms with E-state index in [1.54, 1.807) is 72.7 Å². The van der Waals surface area contributed by atoms with Crippen LogP contribution in [0.25, 0.3) is 0 Å². The highest BCUT2D eigenvalue weighted by atomic mass is 16.6. The number of hydrogen-bond acceptors (Lipinski definition) is 10. The van der Waals surface area contributed by atoms with Crippen molar-refractivity contribution in [1.29, 1.82) is 0 Å². The second-order valence-electron chi connectivity index (χ2n) is 17.2. The Morgan fingerprint density at radius 3 is 1.56 bits per heavy atom. The summed E-state index contributed by atoms with van der Waals surface area (Å²) in [5, 5.41) is 16.1. The van der Waals surface area contributed by atoms with Crippen LogP contribution in [0, 0.1) is 11.8 Å². The Labute approximate surface area is 361 Å². The summed E-state index contributed by atoms with van der Waals surface area (Å²) in [5.74, 6) is -4.62. The fourth-order valence-corrected chi connectivity index (χ4v) is 6.37. The molecule has 61 heavy (non-hydrogen) atoms. The number of amides is 6. The summed E-state index contributed by atoms with van der Waals surface area (Å²) >= 11 is 0. The summed E-state index contributed by atoms with van der Waals surface area (Å²) in [6.07, 6.45) is -2.09. The molecule has 0 aliphatic carbocycles. The van der Waals surface area contributed by atoms with E-state index >= 15 is 0 Å². The van der Waals surface area contributed by atoms with Gasteiger partial charge in [0.05, 0.1) is 6.10 Å². The molecule has 0 bridgehead atoms. The number of aliphatic hydroxyl groups is 1. The zero-order valence-electron chi connectivity index (χ0n) is 38.3. The van der Waals surface area contributed by atoms with Crippen molar-refractivity contribution in [2.24, 2.45) is 11.8 Å². The predicted molar refractivity (Wildman–Crippen MR) is 230 cm³/mol. The molecule has 0 fully saturated rings. The number of likely N-dealkylation sites (N-methyl/N-ethyl adjacent to an activating group) is 4. The SMILES string of the molecule is CC(C)[C@H](NC(=O)[C@@H](Cc1ccccc1)N(C)C(=O)[C@H](C)N(C)C(=O)[C@H](NC(=O)[C@H](C)N(C)C(=O)[C@H]([C@@H](C)O)N(C)C(=O)OCc1ccccc1)C(C)C)C(=O)OC(C)(C)C. The second-order valence-corrected chi connectivity index (χ2v) is 17.2. The van der Waals surface area contributed by atoms with Crippen LogP contribution in [0.5, 0.6) is 0 Å². The van der Waals surface area contributed by atoms with Gasteiger partial charge in [-0.2, -0.15) is 0 Å². The van der Waals surface area contributed by atoms with Crippen LogP contribution in [-0.4, -0.2) is 142 Å². The molecule has 6 amide bonds. The molecule has 338 valence electrons. The molecule has 0 aliphatic rings. The molecule has 0 spiro atoms. The Hall–Kier alpha value is -5.51. The molecule has 0 saturated heterocycles. The molecule has 2 aromatic rings. The Morgan fingerprint density at radius 1 is 0.607 bits per heavy atom. The Kier molecular flexibility index (Phi) is 19.4. The minimum atomic E-state index is -1.40. The number of esters is 1. The second kappa shape index (κ2) is 22.9. The first-order chi connectivity index (χ1) is 28.3. The molecule has 0 radical (unpaired) electrons. The standard InChI is InChI=1S/C45H68N6O10/c1-27(2)35(46-38(53)29(5)48(11)42(57)37(31(7)52)51(14)44(59)60-26-33-23-19-16-20-24-33)41(56)49(12)30(6)40(55)50(13)34(25-32-21-17-15-18-22-32)39(54)47-36(28(3)4)43(58)61-45(8,9)10/h15-24,27-31,34-37,52H,25-26H2,1-14H3,(H,46,53)(H,47,54)/t29-,30-,31+,34+,35+,36-,37-/m0/s1. The average molecular weight is 853 g/mol. The van der Waals surface area contributed by atoms with Crippen molar-refractivity contribution in [3.8, 4) is 0 Å². The molecule has 16 nitrogen and oxygen atoms in total. The van der Waals surface area contributed by atoms with E-state index in [0.29, 0.717) is 0 Å². The van der Waals surface area contributed by atoms with E-state index in [9.17, 15) is 38.7 Å². The van der Waals surface area contributed by atoms with E-state index in [1.807, 2.05) is 36.4 Å². The molecular formula is C45H68N6O10. The number of nitrogens with zero attached hydrogens (tertiary/aromatic N) is 4. The zero-order valence-corrected chi connectivity index (χ0v) is 38.3. The quantitative estimate of drug-likeness (QED) is 0.177. The molecule has 0 saturated carbocycles. The molecule has 0 heterocycles. The lowest BCUT2D eigenvalue weighted by atomic mass is 9.99. The van der Waals surface area contributed by atoms with Gasteiger partial charge < -0.3 is 39.9 Å². The smallest absolute Gasteiger partial charge is 0.410 e. The van der Waals surface area contributed by atoms with Crippen molar-refractivity contribution in [2.75, 3.05) is 28.2 Å². The third kappa shape index (κ3) is 14.9. The average Bonchev–Trinajstić information content (AvgIpc) is 3.20. The number of carbonyl (C=O) groups excluding carboxylic acids is 7. The van der Waals surface area contributed by atoms with Crippen LogP contribution < -0.4 is 10.6 Å². The van der Waals surface area contributed by atoms with Gasteiger partial charge in [-0.15, -0.1) is 0 Å². The maximum atomic E-state index is 14.2. The maximum absolute atomic E-state index is 14.2. The van der Waals surface area contributed by atoms with Gasteiger partial charge in [-0.05, 0) is 64.5 Å². The van der Waals surface area contributed by atoms with Crippen LogP contribution in [0.1, 0.15) is 80.4 Å². The van der Waals surface area contributed by atoms with Gasteiger partial charge in [0.15, 0.2) is 0 Å². The number of carbonyl (C=O) groups is 7. The first-order valence-electron chi connectivity index (χ1n) is 20.6. The van der Waals surface area contributed by atoms with Crippen molar-refractivity contribution in [2.45, 2.75) is 130 Å². The minimum Gasteiger partial charge on any atom is -0.458 e. The molecule has 0 aromatic heterocycles. The fraction of sp³-hybridized carbons (Fsp3) is 0.578. The summed E-state index contributed by atoms with van der Waals surface area (Å²) < 4.78 is 10.9. The number of ether oxygens (including phenoxy) is 2. The highest BCUT2D eigenvalue weighted by molar-refractivity contribution is 5.96. The largest absolute Gasteiger partial charge is 0.458 e. The van der Waals surface area contributed by atoms with Crippen LogP contribution in [0.15, 0.2) is 60.7 Å². The van der Waals surface area contributed by atoms with E-state index in [-0.39, 0.29) is 18.9 Å². The molecule has 3 N–H and O–H groups in total. The third-order valence-electron chi connectivity index (χ3n) is 10.5. The van der Waals surface area contributed by atoms with Gasteiger partial charge in [-0.1, -0.05) is 88.4 Å². The van der Waals surface area contributed by atoms with E-state index in [0.717, 1.165) is 20.9 Å².